The van der Waals surface area contributed by atoms with Gasteiger partial charge in [0.05, 0.1) is 0 Å². The zero-order valence-corrected chi connectivity index (χ0v) is 12.7. The van der Waals surface area contributed by atoms with Gasteiger partial charge in [0, 0.05) is 37.0 Å². The summed E-state index contributed by atoms with van der Waals surface area (Å²) in [6.07, 6.45) is 1.91. The van der Waals surface area contributed by atoms with Crippen LogP contribution in [0.15, 0.2) is 18.2 Å². The van der Waals surface area contributed by atoms with Crippen molar-refractivity contribution in [2.24, 2.45) is 0 Å². The molecule has 0 spiro atoms. The van der Waals surface area contributed by atoms with E-state index < -0.39 is 0 Å². The van der Waals surface area contributed by atoms with Crippen LogP contribution in [0.2, 0.25) is 5.02 Å². The Labute approximate surface area is 121 Å². The fourth-order valence-corrected chi connectivity index (χ4v) is 2.31. The Morgan fingerprint density at radius 2 is 2.11 bits per heavy atom. The lowest BCUT2D eigenvalue weighted by Crippen LogP contribution is -2.27. The number of nitrogens with one attached hydrogen (secondary N) is 1. The molecule has 0 bridgehead atoms. The van der Waals surface area contributed by atoms with Gasteiger partial charge in [0.25, 0.3) is 0 Å². The maximum absolute atomic E-state index is 8.98. The van der Waals surface area contributed by atoms with Gasteiger partial charge in [-0.15, -0.1) is 0 Å². The minimum Gasteiger partial charge on any atom is -0.396 e. The number of aliphatic hydroxyl groups is 1. The van der Waals surface area contributed by atoms with E-state index >= 15 is 0 Å². The van der Waals surface area contributed by atoms with Crippen LogP contribution in [-0.2, 0) is 6.54 Å². The molecule has 2 N–H and O–H groups in total. The Morgan fingerprint density at radius 3 is 2.74 bits per heavy atom. The van der Waals surface area contributed by atoms with E-state index in [9.17, 15) is 0 Å². The predicted molar refractivity (Wildman–Crippen MR) is 83.0 cm³/mol. The van der Waals surface area contributed by atoms with Crippen molar-refractivity contribution >= 4 is 17.3 Å². The number of hydrogen-bond acceptors (Lipinski definition) is 3. The Balaban J connectivity index is 2.83. The largest absolute Gasteiger partial charge is 0.396 e. The molecule has 0 aliphatic rings. The van der Waals surface area contributed by atoms with Crippen LogP contribution >= 0.6 is 11.6 Å². The van der Waals surface area contributed by atoms with E-state index in [2.05, 4.69) is 30.1 Å². The van der Waals surface area contributed by atoms with E-state index in [1.165, 1.54) is 11.3 Å². The first-order valence-corrected chi connectivity index (χ1v) is 7.45. The molecule has 0 heterocycles. The van der Waals surface area contributed by atoms with Crippen LogP contribution in [0.4, 0.5) is 5.69 Å². The second-order valence-corrected chi connectivity index (χ2v) is 5.04. The first kappa shape index (κ1) is 16.3. The summed E-state index contributed by atoms with van der Waals surface area (Å²) in [5.41, 5.74) is 2.43. The topological polar surface area (TPSA) is 35.5 Å². The monoisotopic (exact) mass is 284 g/mol. The smallest absolute Gasteiger partial charge is 0.0447 e. The van der Waals surface area contributed by atoms with Crippen molar-refractivity contribution < 1.29 is 5.11 Å². The fraction of sp³-hybridized carbons (Fsp3) is 0.600. The number of halogens is 1. The van der Waals surface area contributed by atoms with Gasteiger partial charge in [0.1, 0.15) is 0 Å². The van der Waals surface area contributed by atoms with Crippen LogP contribution in [0, 0.1) is 0 Å². The molecule has 3 nitrogen and oxygen atoms in total. The molecule has 1 aromatic rings. The van der Waals surface area contributed by atoms with Crippen molar-refractivity contribution in [3.05, 3.63) is 28.8 Å². The highest BCUT2D eigenvalue weighted by atomic mass is 35.5. The van der Waals surface area contributed by atoms with Crippen LogP contribution in [0.5, 0.6) is 0 Å². The van der Waals surface area contributed by atoms with Crippen molar-refractivity contribution in [2.45, 2.75) is 33.2 Å². The zero-order valence-electron chi connectivity index (χ0n) is 12.0. The number of hydrogen-bond donors (Lipinski definition) is 2. The van der Waals surface area contributed by atoms with Crippen LogP contribution < -0.4 is 10.2 Å². The maximum atomic E-state index is 8.98. The molecule has 1 aromatic carbocycles. The van der Waals surface area contributed by atoms with E-state index in [-0.39, 0.29) is 6.61 Å². The number of nitrogens with zero attached hydrogens (tertiary/aromatic N) is 1. The molecule has 0 aliphatic carbocycles. The molecule has 0 fully saturated rings. The van der Waals surface area contributed by atoms with Crippen molar-refractivity contribution in [1.29, 1.82) is 0 Å². The van der Waals surface area contributed by atoms with Crippen molar-refractivity contribution in [3.63, 3.8) is 0 Å². The van der Waals surface area contributed by atoms with E-state index in [1.807, 2.05) is 12.1 Å². The molecule has 108 valence electrons. The molecule has 0 aromatic heterocycles. The van der Waals surface area contributed by atoms with Crippen LogP contribution in [0.3, 0.4) is 0 Å². The highest BCUT2D eigenvalue weighted by Gasteiger charge is 2.10. The van der Waals surface area contributed by atoms with Crippen molar-refractivity contribution in [2.75, 3.05) is 31.1 Å². The van der Waals surface area contributed by atoms with Crippen LogP contribution in [-0.4, -0.2) is 31.3 Å². The number of aliphatic hydroxyl groups excluding tert-OH is 1. The molecule has 0 amide bonds. The summed E-state index contributed by atoms with van der Waals surface area (Å²) < 4.78 is 0. The third-order valence-corrected chi connectivity index (χ3v) is 3.33. The van der Waals surface area contributed by atoms with Gasteiger partial charge in [-0.25, -0.2) is 0 Å². The number of anilines is 1. The molecule has 1 rings (SSSR count). The minimum atomic E-state index is 0.230. The van der Waals surface area contributed by atoms with Gasteiger partial charge < -0.3 is 15.3 Å². The highest BCUT2D eigenvalue weighted by molar-refractivity contribution is 6.30. The molecular weight excluding hydrogens is 260 g/mol. The van der Waals surface area contributed by atoms with Crippen LogP contribution in [0.25, 0.3) is 0 Å². The van der Waals surface area contributed by atoms with Gasteiger partial charge in [-0.05, 0) is 50.1 Å². The SMILES string of the molecule is CCCNCc1cc(Cl)ccc1N(CC)CCCO. The Hall–Kier alpha value is -0.770. The zero-order chi connectivity index (χ0) is 14.1. The van der Waals surface area contributed by atoms with Crippen LogP contribution in [0.1, 0.15) is 32.3 Å². The van der Waals surface area contributed by atoms with Gasteiger partial charge >= 0.3 is 0 Å². The van der Waals surface area contributed by atoms with Gasteiger partial charge in [-0.3, -0.25) is 0 Å². The summed E-state index contributed by atoms with van der Waals surface area (Å²) in [5, 5.41) is 13.2. The molecule has 0 saturated carbocycles. The normalized spacial score (nSPS) is 10.7. The molecule has 0 unspecified atom stereocenters. The summed E-state index contributed by atoms with van der Waals surface area (Å²) in [5.74, 6) is 0. The Bertz CT molecular complexity index is 371. The fourth-order valence-electron chi connectivity index (χ4n) is 2.11. The summed E-state index contributed by atoms with van der Waals surface area (Å²) in [6, 6.07) is 6.04. The first-order chi connectivity index (χ1) is 9.22. The predicted octanol–water partition coefficient (Wildman–Crippen LogP) is 3.05. The minimum absolute atomic E-state index is 0.230. The van der Waals surface area contributed by atoms with Gasteiger partial charge in [-0.2, -0.15) is 0 Å². The molecule has 0 atom stereocenters. The molecule has 0 saturated heterocycles. The van der Waals surface area contributed by atoms with E-state index in [0.717, 1.165) is 44.0 Å². The summed E-state index contributed by atoms with van der Waals surface area (Å²) in [7, 11) is 0. The maximum Gasteiger partial charge on any atom is 0.0447 e. The molecule has 0 aliphatic heterocycles. The second-order valence-electron chi connectivity index (χ2n) is 4.61. The quantitative estimate of drug-likeness (QED) is 0.684. The van der Waals surface area contributed by atoms with Gasteiger partial charge in [-0.1, -0.05) is 18.5 Å². The van der Waals surface area contributed by atoms with Gasteiger partial charge in [0.15, 0.2) is 0 Å². The van der Waals surface area contributed by atoms with E-state index in [4.69, 9.17) is 16.7 Å². The number of rotatable bonds is 9. The lowest BCUT2D eigenvalue weighted by atomic mass is 10.1. The molecule has 4 heteroatoms. The lowest BCUT2D eigenvalue weighted by Gasteiger charge is -2.26. The number of benzene rings is 1. The second kappa shape index (κ2) is 9.18. The average molecular weight is 285 g/mol. The summed E-state index contributed by atoms with van der Waals surface area (Å²) in [4.78, 5) is 2.29. The van der Waals surface area contributed by atoms with Crippen molar-refractivity contribution in [1.82, 2.24) is 5.32 Å². The summed E-state index contributed by atoms with van der Waals surface area (Å²) in [6.45, 7) is 8.17. The molecular formula is C15H25ClN2O. The summed E-state index contributed by atoms with van der Waals surface area (Å²) >= 11 is 6.10. The third-order valence-electron chi connectivity index (χ3n) is 3.09. The highest BCUT2D eigenvalue weighted by Crippen LogP contribution is 2.24. The van der Waals surface area contributed by atoms with E-state index in [1.54, 1.807) is 0 Å². The Morgan fingerprint density at radius 1 is 1.32 bits per heavy atom. The molecule has 19 heavy (non-hydrogen) atoms. The van der Waals surface area contributed by atoms with Crippen molar-refractivity contribution in [3.8, 4) is 0 Å². The first-order valence-electron chi connectivity index (χ1n) is 7.07. The molecule has 0 radical (unpaired) electrons. The Kier molecular flexibility index (Phi) is 7.87. The van der Waals surface area contributed by atoms with E-state index in [0.29, 0.717) is 0 Å². The third kappa shape index (κ3) is 5.39. The average Bonchev–Trinajstić information content (AvgIpc) is 2.41. The lowest BCUT2D eigenvalue weighted by molar-refractivity contribution is 0.289. The van der Waals surface area contributed by atoms with Gasteiger partial charge in [0.2, 0.25) is 0 Å². The standard InChI is InChI=1S/C15H25ClN2O/c1-3-8-17-12-13-11-14(16)6-7-15(13)18(4-2)9-5-10-19/h6-7,11,17,19H,3-5,8-10,12H2,1-2H3.